The van der Waals surface area contributed by atoms with Gasteiger partial charge in [0.1, 0.15) is 6.61 Å². The van der Waals surface area contributed by atoms with Crippen molar-refractivity contribution in [3.05, 3.63) is 42.0 Å². The molecule has 0 aliphatic rings. The van der Waals surface area contributed by atoms with Gasteiger partial charge in [-0.15, -0.1) is 0 Å². The molecule has 170 valence electrons. The lowest BCUT2D eigenvalue weighted by atomic mass is 9.91. The molecule has 2 atom stereocenters. The predicted octanol–water partition coefficient (Wildman–Crippen LogP) is 8.62. The molecule has 0 radical (unpaired) electrons. The summed E-state index contributed by atoms with van der Waals surface area (Å²) < 4.78 is 5.23. The van der Waals surface area contributed by atoms with Gasteiger partial charge in [0.2, 0.25) is 0 Å². The normalized spacial score (nSPS) is 13.9. The largest absolute Gasteiger partial charge is 0.445 e. The van der Waals surface area contributed by atoms with E-state index >= 15 is 0 Å². The van der Waals surface area contributed by atoms with Crippen molar-refractivity contribution in [2.75, 3.05) is 11.9 Å². The fourth-order valence-electron chi connectivity index (χ4n) is 3.74. The Morgan fingerprint density at radius 3 is 2.07 bits per heavy atom. The third kappa shape index (κ3) is 14.3. The second-order valence-corrected chi connectivity index (χ2v) is 9.50. The van der Waals surface area contributed by atoms with Crippen LogP contribution in [0.2, 0.25) is 0 Å². The zero-order chi connectivity index (χ0) is 22.2. The van der Waals surface area contributed by atoms with Gasteiger partial charge < -0.3 is 4.74 Å². The van der Waals surface area contributed by atoms with Crippen LogP contribution in [0, 0.1) is 17.8 Å². The lowest BCUT2D eigenvalue weighted by Gasteiger charge is -2.15. The second kappa shape index (κ2) is 16.0. The monoisotopic (exact) mass is 415 g/mol. The Labute approximate surface area is 185 Å². The number of anilines is 1. The van der Waals surface area contributed by atoms with E-state index in [1.54, 1.807) is 0 Å². The molecular weight excluding hydrogens is 370 g/mol. The summed E-state index contributed by atoms with van der Waals surface area (Å²) in [6, 6.07) is 9.37. The van der Waals surface area contributed by atoms with E-state index in [2.05, 4.69) is 39.9 Å². The van der Waals surface area contributed by atoms with Crippen molar-refractivity contribution >= 4 is 11.8 Å². The highest BCUT2D eigenvalue weighted by molar-refractivity contribution is 5.84. The van der Waals surface area contributed by atoms with Crippen molar-refractivity contribution in [3.63, 3.8) is 0 Å². The number of nitrogens with one attached hydrogen (secondary N) is 1. The van der Waals surface area contributed by atoms with E-state index in [9.17, 15) is 4.79 Å². The fraction of sp³-hybridized carbons (Fsp3) is 0.667. The zero-order valence-corrected chi connectivity index (χ0v) is 20.1. The van der Waals surface area contributed by atoms with Crippen LogP contribution in [-0.4, -0.2) is 12.7 Å². The molecule has 0 saturated heterocycles. The highest BCUT2D eigenvalue weighted by atomic mass is 16.5. The van der Waals surface area contributed by atoms with Crippen LogP contribution in [0.15, 0.2) is 42.0 Å². The number of ether oxygens (including phenoxy) is 1. The molecular formula is C27H45NO2. The second-order valence-electron chi connectivity index (χ2n) is 9.50. The topological polar surface area (TPSA) is 38.3 Å². The van der Waals surface area contributed by atoms with Crippen molar-refractivity contribution in [3.8, 4) is 0 Å². The molecule has 0 saturated carbocycles. The Balaban J connectivity index is 2.06. The highest BCUT2D eigenvalue weighted by Crippen LogP contribution is 2.22. The van der Waals surface area contributed by atoms with E-state index < -0.39 is 6.09 Å². The van der Waals surface area contributed by atoms with Gasteiger partial charge in [-0.25, -0.2) is 4.79 Å². The van der Waals surface area contributed by atoms with Crippen LogP contribution >= 0.6 is 0 Å². The standard InChI is InChI=1S/C27H45NO2/c1-22(2)12-9-13-23(3)14-10-15-24(4)16-11-17-25(5)20-21-30-27(29)28-26-18-7-6-8-19-26/h6-8,18-20,22-24H,9-17,21H2,1-5H3,(H,28,29)/b25-20+. The van der Waals surface area contributed by atoms with Crippen molar-refractivity contribution in [2.24, 2.45) is 17.8 Å². The smallest absolute Gasteiger partial charge is 0.411 e. The van der Waals surface area contributed by atoms with E-state index in [0.717, 1.165) is 29.9 Å². The zero-order valence-electron chi connectivity index (χ0n) is 20.1. The van der Waals surface area contributed by atoms with E-state index in [-0.39, 0.29) is 0 Å². The summed E-state index contributed by atoms with van der Waals surface area (Å²) in [4.78, 5) is 11.8. The minimum Gasteiger partial charge on any atom is -0.445 e. The molecule has 2 unspecified atom stereocenters. The van der Waals surface area contributed by atoms with Crippen LogP contribution in [0.4, 0.5) is 10.5 Å². The molecule has 0 aliphatic heterocycles. The first-order valence-electron chi connectivity index (χ1n) is 12.0. The average Bonchev–Trinajstić information content (AvgIpc) is 2.68. The lowest BCUT2D eigenvalue weighted by Crippen LogP contribution is -2.13. The Morgan fingerprint density at radius 2 is 1.47 bits per heavy atom. The molecule has 0 aromatic heterocycles. The quantitative estimate of drug-likeness (QED) is 0.291. The summed E-state index contributed by atoms with van der Waals surface area (Å²) in [6.07, 6.45) is 13.4. The first-order chi connectivity index (χ1) is 14.4. The molecule has 30 heavy (non-hydrogen) atoms. The summed E-state index contributed by atoms with van der Waals surface area (Å²) >= 11 is 0. The van der Waals surface area contributed by atoms with E-state index in [4.69, 9.17) is 4.74 Å². The third-order valence-corrected chi connectivity index (χ3v) is 5.81. The molecule has 0 aliphatic carbocycles. The molecule has 3 heteroatoms. The summed E-state index contributed by atoms with van der Waals surface area (Å²) in [6.45, 7) is 11.9. The summed E-state index contributed by atoms with van der Waals surface area (Å²) in [5, 5.41) is 2.73. The van der Waals surface area contributed by atoms with Crippen LogP contribution in [0.3, 0.4) is 0 Å². The molecule has 1 amide bonds. The van der Waals surface area contributed by atoms with Gasteiger partial charge in [-0.1, -0.05) is 96.4 Å². The van der Waals surface area contributed by atoms with Crippen molar-refractivity contribution in [1.29, 1.82) is 0 Å². The van der Waals surface area contributed by atoms with Crippen molar-refractivity contribution in [2.45, 2.75) is 92.4 Å². The molecule has 1 rings (SSSR count). The van der Waals surface area contributed by atoms with Crippen LogP contribution in [0.1, 0.15) is 92.4 Å². The number of para-hydroxylation sites is 1. The number of benzene rings is 1. The third-order valence-electron chi connectivity index (χ3n) is 5.81. The summed E-state index contributed by atoms with van der Waals surface area (Å²) in [5.41, 5.74) is 2.05. The van der Waals surface area contributed by atoms with Gasteiger partial charge in [0.15, 0.2) is 0 Å². The number of hydrogen-bond acceptors (Lipinski definition) is 2. The van der Waals surface area contributed by atoms with Crippen LogP contribution in [0.5, 0.6) is 0 Å². The van der Waals surface area contributed by atoms with Crippen LogP contribution in [-0.2, 0) is 4.74 Å². The number of carbonyl (C=O) groups excluding carboxylic acids is 1. The van der Waals surface area contributed by atoms with Crippen molar-refractivity contribution < 1.29 is 9.53 Å². The lowest BCUT2D eigenvalue weighted by molar-refractivity contribution is 0.174. The number of rotatable bonds is 15. The van der Waals surface area contributed by atoms with E-state index in [1.165, 1.54) is 56.9 Å². The first-order valence-corrected chi connectivity index (χ1v) is 12.0. The molecule has 0 bridgehead atoms. The Kier molecular flexibility index (Phi) is 14.0. The SMILES string of the molecule is C/C(=C\COC(=O)Nc1ccccc1)CCCC(C)CCCC(C)CCCC(C)C. The number of amides is 1. The Bertz CT molecular complexity index is 594. The first kappa shape index (κ1) is 26.3. The van der Waals surface area contributed by atoms with Crippen LogP contribution < -0.4 is 5.32 Å². The maximum absolute atomic E-state index is 11.8. The van der Waals surface area contributed by atoms with Crippen LogP contribution in [0.25, 0.3) is 0 Å². The molecule has 1 aromatic carbocycles. The molecule has 0 spiro atoms. The molecule has 1 N–H and O–H groups in total. The molecule has 3 nitrogen and oxygen atoms in total. The highest BCUT2D eigenvalue weighted by Gasteiger charge is 2.07. The van der Waals surface area contributed by atoms with Gasteiger partial charge in [-0.05, 0) is 55.7 Å². The van der Waals surface area contributed by atoms with Gasteiger partial charge >= 0.3 is 6.09 Å². The molecule has 1 aromatic rings. The Hall–Kier alpha value is -1.77. The van der Waals surface area contributed by atoms with Gasteiger partial charge in [-0.3, -0.25) is 5.32 Å². The van der Waals surface area contributed by atoms with Gasteiger partial charge in [-0.2, -0.15) is 0 Å². The Morgan fingerprint density at radius 1 is 0.900 bits per heavy atom. The number of allylic oxidation sites excluding steroid dienone is 1. The maximum Gasteiger partial charge on any atom is 0.411 e. The maximum atomic E-state index is 11.8. The minimum absolute atomic E-state index is 0.328. The molecule has 0 fully saturated rings. The molecule has 0 heterocycles. The number of hydrogen-bond donors (Lipinski definition) is 1. The predicted molar refractivity (Wildman–Crippen MR) is 130 cm³/mol. The van der Waals surface area contributed by atoms with E-state index in [0.29, 0.717) is 6.61 Å². The fourth-order valence-corrected chi connectivity index (χ4v) is 3.74. The minimum atomic E-state index is -0.405. The van der Waals surface area contributed by atoms with Crippen molar-refractivity contribution in [1.82, 2.24) is 0 Å². The number of carbonyl (C=O) groups is 1. The average molecular weight is 416 g/mol. The summed E-state index contributed by atoms with van der Waals surface area (Å²) in [7, 11) is 0. The van der Waals surface area contributed by atoms with Gasteiger partial charge in [0.25, 0.3) is 0 Å². The van der Waals surface area contributed by atoms with Gasteiger partial charge in [0.05, 0.1) is 0 Å². The van der Waals surface area contributed by atoms with E-state index in [1.807, 2.05) is 36.4 Å². The van der Waals surface area contributed by atoms with Gasteiger partial charge in [0, 0.05) is 5.69 Å². The summed E-state index contributed by atoms with van der Waals surface area (Å²) in [5.74, 6) is 2.52.